The summed E-state index contributed by atoms with van der Waals surface area (Å²) >= 11 is 0. The van der Waals surface area contributed by atoms with Crippen LogP contribution in [0.4, 0.5) is 0 Å². The normalized spacial score (nSPS) is 13.2. The Bertz CT molecular complexity index is 298. The first-order valence-electron chi connectivity index (χ1n) is 5.28. The average Bonchev–Trinajstić information content (AvgIpc) is 2.42. The predicted octanol–water partition coefficient (Wildman–Crippen LogP) is 1.81. The maximum atomic E-state index is 4.52. The quantitative estimate of drug-likeness (QED) is 0.794. The lowest BCUT2D eigenvalue weighted by molar-refractivity contribution is 0.436. The van der Waals surface area contributed by atoms with Crippen molar-refractivity contribution in [1.82, 2.24) is 15.1 Å². The fraction of sp³-hybridized carbons (Fsp3) is 0.727. The van der Waals surface area contributed by atoms with Gasteiger partial charge in [-0.2, -0.15) is 5.10 Å². The van der Waals surface area contributed by atoms with Crippen LogP contribution in [0, 0.1) is 20.8 Å². The Morgan fingerprint density at radius 3 is 2.36 bits per heavy atom. The molecule has 0 aliphatic carbocycles. The van der Waals surface area contributed by atoms with E-state index in [4.69, 9.17) is 0 Å². The van der Waals surface area contributed by atoms with E-state index < -0.39 is 0 Å². The Morgan fingerprint density at radius 1 is 1.36 bits per heavy atom. The van der Waals surface area contributed by atoms with Gasteiger partial charge in [0.2, 0.25) is 0 Å². The van der Waals surface area contributed by atoms with E-state index in [0.29, 0.717) is 6.04 Å². The molecule has 1 rings (SSSR count). The lowest BCUT2D eigenvalue weighted by Gasteiger charge is -2.14. The molecule has 1 atom stereocenters. The van der Waals surface area contributed by atoms with Crippen LogP contribution in [0.2, 0.25) is 0 Å². The minimum atomic E-state index is 0.521. The molecule has 0 bridgehead atoms. The lowest BCUT2D eigenvalue weighted by Crippen LogP contribution is -2.30. The Balaban J connectivity index is 2.81. The van der Waals surface area contributed by atoms with Crippen molar-refractivity contribution in [2.75, 3.05) is 7.05 Å². The summed E-state index contributed by atoms with van der Waals surface area (Å²) < 4.78 is 2.11. The minimum Gasteiger partial charge on any atom is -0.315 e. The van der Waals surface area contributed by atoms with Crippen molar-refractivity contribution in [3.05, 3.63) is 17.0 Å². The molecule has 0 saturated carbocycles. The van der Waals surface area contributed by atoms with Crippen LogP contribution in [0.3, 0.4) is 0 Å². The predicted molar refractivity (Wildman–Crippen MR) is 59.6 cm³/mol. The van der Waals surface area contributed by atoms with Crippen LogP contribution in [0.15, 0.2) is 0 Å². The first kappa shape index (κ1) is 11.2. The smallest absolute Gasteiger partial charge is 0.0625 e. The number of nitrogens with zero attached hydrogens (tertiary/aromatic N) is 2. The molecule has 1 aromatic heterocycles. The third-order valence-electron chi connectivity index (χ3n) is 3.04. The highest BCUT2D eigenvalue weighted by molar-refractivity contribution is 5.22. The lowest BCUT2D eigenvalue weighted by atomic mass is 10.2. The Morgan fingerprint density at radius 2 is 2.00 bits per heavy atom. The molecule has 0 saturated heterocycles. The van der Waals surface area contributed by atoms with Gasteiger partial charge in [-0.05, 0) is 39.8 Å². The van der Waals surface area contributed by atoms with Crippen molar-refractivity contribution in [2.45, 2.75) is 46.7 Å². The first-order valence-corrected chi connectivity index (χ1v) is 5.28. The summed E-state index contributed by atoms with van der Waals surface area (Å²) in [5.74, 6) is 0. The zero-order valence-corrected chi connectivity index (χ0v) is 9.89. The molecular formula is C11H21N3. The van der Waals surface area contributed by atoms with Crippen LogP contribution in [0.5, 0.6) is 0 Å². The maximum absolute atomic E-state index is 4.52. The van der Waals surface area contributed by atoms with Crippen molar-refractivity contribution in [3.8, 4) is 0 Å². The zero-order valence-electron chi connectivity index (χ0n) is 9.89. The molecule has 80 valence electrons. The molecule has 0 aliphatic rings. The van der Waals surface area contributed by atoms with Crippen molar-refractivity contribution >= 4 is 0 Å². The molecule has 14 heavy (non-hydrogen) atoms. The second-order valence-electron chi connectivity index (χ2n) is 3.87. The average molecular weight is 195 g/mol. The SMILES string of the molecule is CCC(Cn1nc(C)c(C)c1C)NC. The fourth-order valence-electron chi connectivity index (χ4n) is 1.60. The van der Waals surface area contributed by atoms with E-state index in [1.807, 2.05) is 7.05 Å². The summed E-state index contributed by atoms with van der Waals surface area (Å²) in [6, 6.07) is 0.521. The van der Waals surface area contributed by atoms with Crippen molar-refractivity contribution in [3.63, 3.8) is 0 Å². The van der Waals surface area contributed by atoms with E-state index in [0.717, 1.165) is 18.7 Å². The molecule has 0 amide bonds. The number of hydrogen-bond acceptors (Lipinski definition) is 2. The van der Waals surface area contributed by atoms with Gasteiger partial charge in [0.1, 0.15) is 0 Å². The number of rotatable bonds is 4. The number of hydrogen-bond donors (Lipinski definition) is 1. The minimum absolute atomic E-state index is 0.521. The highest BCUT2D eigenvalue weighted by Crippen LogP contribution is 2.11. The monoisotopic (exact) mass is 195 g/mol. The number of aromatic nitrogens is 2. The maximum Gasteiger partial charge on any atom is 0.0625 e. The molecule has 1 N–H and O–H groups in total. The summed E-state index contributed by atoms with van der Waals surface area (Å²) in [5.41, 5.74) is 3.75. The molecule has 0 spiro atoms. The third kappa shape index (κ3) is 2.15. The first-order chi connectivity index (χ1) is 6.60. The zero-order chi connectivity index (χ0) is 10.7. The van der Waals surface area contributed by atoms with Crippen LogP contribution in [0.1, 0.15) is 30.3 Å². The summed E-state index contributed by atoms with van der Waals surface area (Å²) in [6.45, 7) is 9.50. The Hall–Kier alpha value is -0.830. The van der Waals surface area contributed by atoms with Gasteiger partial charge in [-0.3, -0.25) is 4.68 Å². The molecule has 0 radical (unpaired) electrons. The van der Waals surface area contributed by atoms with Crippen molar-refractivity contribution in [1.29, 1.82) is 0 Å². The number of likely N-dealkylation sites (N-methyl/N-ethyl adjacent to an activating group) is 1. The Labute approximate surface area is 86.5 Å². The van der Waals surface area contributed by atoms with E-state index in [1.165, 1.54) is 11.3 Å². The number of nitrogens with one attached hydrogen (secondary N) is 1. The van der Waals surface area contributed by atoms with E-state index in [9.17, 15) is 0 Å². The van der Waals surface area contributed by atoms with Crippen molar-refractivity contribution < 1.29 is 0 Å². The molecule has 1 unspecified atom stereocenters. The van der Waals surface area contributed by atoms with Crippen LogP contribution in [-0.2, 0) is 6.54 Å². The second kappa shape index (κ2) is 4.60. The van der Waals surface area contributed by atoms with Crippen LogP contribution < -0.4 is 5.32 Å². The molecule has 1 heterocycles. The van der Waals surface area contributed by atoms with E-state index in [2.05, 4.69) is 42.8 Å². The van der Waals surface area contributed by atoms with Gasteiger partial charge >= 0.3 is 0 Å². The summed E-state index contributed by atoms with van der Waals surface area (Å²) in [5, 5.41) is 7.82. The fourth-order valence-corrected chi connectivity index (χ4v) is 1.60. The van der Waals surface area contributed by atoms with Crippen molar-refractivity contribution in [2.24, 2.45) is 0 Å². The second-order valence-corrected chi connectivity index (χ2v) is 3.87. The topological polar surface area (TPSA) is 29.9 Å². The Kier molecular flexibility index (Phi) is 3.69. The van der Waals surface area contributed by atoms with Gasteiger partial charge in [-0.15, -0.1) is 0 Å². The molecule has 3 heteroatoms. The largest absolute Gasteiger partial charge is 0.315 e. The van der Waals surface area contributed by atoms with Gasteiger partial charge in [0, 0.05) is 11.7 Å². The molecule has 0 aliphatic heterocycles. The van der Waals surface area contributed by atoms with Gasteiger partial charge in [0.15, 0.2) is 0 Å². The molecule has 0 aromatic carbocycles. The molecule has 1 aromatic rings. The summed E-state index contributed by atoms with van der Waals surface area (Å²) in [4.78, 5) is 0. The standard InChI is InChI=1S/C11H21N3/c1-6-11(12-5)7-14-10(4)8(2)9(3)13-14/h11-12H,6-7H2,1-5H3. The van der Waals surface area contributed by atoms with Crippen LogP contribution in [0.25, 0.3) is 0 Å². The van der Waals surface area contributed by atoms with E-state index >= 15 is 0 Å². The van der Waals surface area contributed by atoms with Gasteiger partial charge in [0.05, 0.1) is 12.2 Å². The summed E-state index contributed by atoms with van der Waals surface area (Å²) in [6.07, 6.45) is 1.13. The summed E-state index contributed by atoms with van der Waals surface area (Å²) in [7, 11) is 2.01. The molecular weight excluding hydrogens is 174 g/mol. The molecule has 3 nitrogen and oxygen atoms in total. The highest BCUT2D eigenvalue weighted by atomic mass is 15.3. The van der Waals surface area contributed by atoms with Gasteiger partial charge in [0.25, 0.3) is 0 Å². The third-order valence-corrected chi connectivity index (χ3v) is 3.04. The van der Waals surface area contributed by atoms with Gasteiger partial charge < -0.3 is 5.32 Å². The van der Waals surface area contributed by atoms with Gasteiger partial charge in [-0.1, -0.05) is 6.92 Å². The van der Waals surface area contributed by atoms with Gasteiger partial charge in [-0.25, -0.2) is 0 Å². The van der Waals surface area contributed by atoms with E-state index in [-0.39, 0.29) is 0 Å². The van der Waals surface area contributed by atoms with Crippen LogP contribution >= 0.6 is 0 Å². The molecule has 0 fully saturated rings. The highest BCUT2D eigenvalue weighted by Gasteiger charge is 2.10. The number of aryl methyl sites for hydroxylation is 1. The van der Waals surface area contributed by atoms with Crippen LogP contribution in [-0.4, -0.2) is 22.9 Å². The van der Waals surface area contributed by atoms with E-state index in [1.54, 1.807) is 0 Å².